The third-order valence-electron chi connectivity index (χ3n) is 4.07. The van der Waals surface area contributed by atoms with Gasteiger partial charge in [-0.2, -0.15) is 0 Å². The highest BCUT2D eigenvalue weighted by Crippen LogP contribution is 2.17. The van der Waals surface area contributed by atoms with Crippen LogP contribution >= 0.6 is 0 Å². The number of rotatable bonds is 4. The Morgan fingerprint density at radius 1 is 1.15 bits per heavy atom. The molecule has 1 aromatic heterocycles. The van der Waals surface area contributed by atoms with Gasteiger partial charge >= 0.3 is 0 Å². The summed E-state index contributed by atoms with van der Waals surface area (Å²) in [5, 5.41) is 3.47. The largest absolute Gasteiger partial charge is 0.367 e. The summed E-state index contributed by atoms with van der Waals surface area (Å²) in [6, 6.07) is 8.57. The van der Waals surface area contributed by atoms with E-state index in [2.05, 4.69) is 27.1 Å². The molecule has 0 bridgehead atoms. The van der Waals surface area contributed by atoms with Crippen molar-refractivity contribution in [1.29, 1.82) is 0 Å². The topological polar surface area (TPSA) is 41.1 Å². The van der Waals surface area contributed by atoms with E-state index in [9.17, 15) is 0 Å². The maximum Gasteiger partial charge on any atom is 0.148 e. The SMILES string of the molecule is Cc1nc2ccccc2nc1NCC(C)N1CCCC1. The number of fused-ring (bicyclic) bond motifs is 1. The molecule has 4 heteroatoms. The van der Waals surface area contributed by atoms with Crippen molar-refractivity contribution < 1.29 is 0 Å². The molecule has 1 N–H and O–H groups in total. The number of anilines is 1. The molecule has 1 aromatic carbocycles. The summed E-state index contributed by atoms with van der Waals surface area (Å²) in [4.78, 5) is 11.8. The smallest absolute Gasteiger partial charge is 0.148 e. The maximum absolute atomic E-state index is 4.68. The van der Waals surface area contributed by atoms with E-state index in [0.29, 0.717) is 6.04 Å². The summed E-state index contributed by atoms with van der Waals surface area (Å²) in [7, 11) is 0. The predicted octanol–water partition coefficient (Wildman–Crippen LogP) is 2.83. The Morgan fingerprint density at radius 3 is 2.50 bits per heavy atom. The van der Waals surface area contributed by atoms with Gasteiger partial charge in [-0.25, -0.2) is 9.97 Å². The van der Waals surface area contributed by atoms with Crippen molar-refractivity contribution in [3.8, 4) is 0 Å². The van der Waals surface area contributed by atoms with Gasteiger partial charge in [0, 0.05) is 12.6 Å². The van der Waals surface area contributed by atoms with E-state index in [1.165, 1.54) is 25.9 Å². The number of nitrogens with zero attached hydrogens (tertiary/aromatic N) is 3. The Labute approximate surface area is 120 Å². The summed E-state index contributed by atoms with van der Waals surface area (Å²) in [6.45, 7) is 7.68. The van der Waals surface area contributed by atoms with Crippen LogP contribution in [0.3, 0.4) is 0 Å². The molecular formula is C16H22N4. The average molecular weight is 270 g/mol. The molecule has 1 aliphatic rings. The molecule has 20 heavy (non-hydrogen) atoms. The highest BCUT2D eigenvalue weighted by Gasteiger charge is 2.18. The first-order valence-corrected chi connectivity index (χ1v) is 7.45. The third kappa shape index (κ3) is 2.75. The monoisotopic (exact) mass is 270 g/mol. The van der Waals surface area contributed by atoms with Crippen molar-refractivity contribution in [3.05, 3.63) is 30.0 Å². The Kier molecular flexibility index (Phi) is 3.83. The van der Waals surface area contributed by atoms with Gasteiger partial charge < -0.3 is 5.32 Å². The van der Waals surface area contributed by atoms with E-state index in [1.807, 2.05) is 31.2 Å². The van der Waals surface area contributed by atoms with Crippen LogP contribution in [0.25, 0.3) is 11.0 Å². The number of para-hydroxylation sites is 2. The van der Waals surface area contributed by atoms with Crippen LogP contribution in [0.15, 0.2) is 24.3 Å². The molecule has 1 unspecified atom stereocenters. The second-order valence-corrected chi connectivity index (χ2v) is 5.62. The van der Waals surface area contributed by atoms with E-state index in [0.717, 1.165) is 29.1 Å². The lowest BCUT2D eigenvalue weighted by Crippen LogP contribution is -2.35. The molecule has 0 spiro atoms. The highest BCUT2D eigenvalue weighted by molar-refractivity contribution is 5.76. The zero-order chi connectivity index (χ0) is 13.9. The molecule has 3 rings (SSSR count). The highest BCUT2D eigenvalue weighted by atomic mass is 15.2. The van der Waals surface area contributed by atoms with Crippen molar-refractivity contribution in [3.63, 3.8) is 0 Å². The minimum absolute atomic E-state index is 0.546. The zero-order valence-electron chi connectivity index (χ0n) is 12.3. The van der Waals surface area contributed by atoms with Crippen molar-refractivity contribution in [2.24, 2.45) is 0 Å². The van der Waals surface area contributed by atoms with Crippen molar-refractivity contribution in [2.45, 2.75) is 32.7 Å². The summed E-state index contributed by atoms with van der Waals surface area (Å²) in [5.41, 5.74) is 2.88. The fourth-order valence-electron chi connectivity index (χ4n) is 2.81. The number of likely N-dealkylation sites (tertiary alicyclic amines) is 1. The first-order chi connectivity index (χ1) is 9.74. The Morgan fingerprint density at radius 2 is 1.80 bits per heavy atom. The number of hydrogen-bond acceptors (Lipinski definition) is 4. The molecule has 1 fully saturated rings. The molecule has 106 valence electrons. The molecule has 1 saturated heterocycles. The number of hydrogen-bond donors (Lipinski definition) is 1. The molecule has 0 aliphatic carbocycles. The Balaban J connectivity index is 1.71. The van der Waals surface area contributed by atoms with Gasteiger partial charge in [-0.3, -0.25) is 4.90 Å². The fraction of sp³-hybridized carbons (Fsp3) is 0.500. The van der Waals surface area contributed by atoms with Gasteiger partial charge in [0.05, 0.1) is 16.7 Å². The Bertz CT molecular complexity index is 590. The minimum atomic E-state index is 0.546. The molecule has 0 saturated carbocycles. The van der Waals surface area contributed by atoms with Crippen molar-refractivity contribution in [2.75, 3.05) is 25.0 Å². The Hall–Kier alpha value is -1.68. The van der Waals surface area contributed by atoms with E-state index in [4.69, 9.17) is 0 Å². The van der Waals surface area contributed by atoms with E-state index in [-0.39, 0.29) is 0 Å². The first kappa shape index (κ1) is 13.3. The van der Waals surface area contributed by atoms with Crippen LogP contribution in [0.4, 0.5) is 5.82 Å². The van der Waals surface area contributed by atoms with E-state index in [1.54, 1.807) is 0 Å². The molecular weight excluding hydrogens is 248 g/mol. The lowest BCUT2D eigenvalue weighted by atomic mass is 10.2. The second kappa shape index (κ2) is 5.75. The fourth-order valence-corrected chi connectivity index (χ4v) is 2.81. The number of benzene rings is 1. The van der Waals surface area contributed by atoms with Gasteiger partial charge in [-0.05, 0) is 51.9 Å². The van der Waals surface area contributed by atoms with Crippen LogP contribution < -0.4 is 5.32 Å². The maximum atomic E-state index is 4.68. The van der Waals surface area contributed by atoms with Crippen LogP contribution in [0.1, 0.15) is 25.5 Å². The molecule has 1 aliphatic heterocycles. The van der Waals surface area contributed by atoms with Gasteiger partial charge in [-0.1, -0.05) is 12.1 Å². The second-order valence-electron chi connectivity index (χ2n) is 5.62. The molecule has 0 amide bonds. The van der Waals surface area contributed by atoms with Gasteiger partial charge in [-0.15, -0.1) is 0 Å². The van der Waals surface area contributed by atoms with Gasteiger partial charge in [0.25, 0.3) is 0 Å². The van der Waals surface area contributed by atoms with Crippen LogP contribution in [-0.2, 0) is 0 Å². The average Bonchev–Trinajstić information content (AvgIpc) is 2.99. The minimum Gasteiger partial charge on any atom is -0.367 e. The molecule has 0 radical (unpaired) electrons. The summed E-state index contributed by atoms with van der Waals surface area (Å²) < 4.78 is 0. The molecule has 2 aromatic rings. The lowest BCUT2D eigenvalue weighted by Gasteiger charge is -2.24. The van der Waals surface area contributed by atoms with Crippen LogP contribution in [0, 0.1) is 6.92 Å². The van der Waals surface area contributed by atoms with Gasteiger partial charge in [0.2, 0.25) is 0 Å². The van der Waals surface area contributed by atoms with Crippen LogP contribution in [0.2, 0.25) is 0 Å². The lowest BCUT2D eigenvalue weighted by molar-refractivity contribution is 0.269. The van der Waals surface area contributed by atoms with Crippen molar-refractivity contribution >= 4 is 16.9 Å². The molecule has 2 heterocycles. The van der Waals surface area contributed by atoms with E-state index >= 15 is 0 Å². The third-order valence-corrected chi connectivity index (χ3v) is 4.07. The molecule has 4 nitrogen and oxygen atoms in total. The summed E-state index contributed by atoms with van der Waals surface area (Å²) in [5.74, 6) is 0.912. The quantitative estimate of drug-likeness (QED) is 0.927. The number of aromatic nitrogens is 2. The first-order valence-electron chi connectivity index (χ1n) is 7.45. The summed E-state index contributed by atoms with van der Waals surface area (Å²) >= 11 is 0. The van der Waals surface area contributed by atoms with E-state index < -0.39 is 0 Å². The standard InChI is InChI=1S/C16H22N4/c1-12(20-9-5-6-10-20)11-17-16-13(2)18-14-7-3-4-8-15(14)19-16/h3-4,7-8,12H,5-6,9-11H2,1-2H3,(H,17,19). The predicted molar refractivity (Wildman–Crippen MR) is 83.0 cm³/mol. The van der Waals surface area contributed by atoms with Gasteiger partial charge in [0.1, 0.15) is 5.82 Å². The zero-order valence-corrected chi connectivity index (χ0v) is 12.3. The van der Waals surface area contributed by atoms with Crippen LogP contribution in [-0.4, -0.2) is 40.5 Å². The number of aryl methyl sites for hydroxylation is 1. The normalized spacial score (nSPS) is 17.5. The molecule has 1 atom stereocenters. The summed E-state index contributed by atoms with van der Waals surface area (Å²) in [6.07, 6.45) is 2.66. The van der Waals surface area contributed by atoms with Crippen LogP contribution in [0.5, 0.6) is 0 Å². The van der Waals surface area contributed by atoms with Gasteiger partial charge in [0.15, 0.2) is 0 Å². The van der Waals surface area contributed by atoms with Crippen molar-refractivity contribution in [1.82, 2.24) is 14.9 Å². The number of nitrogens with one attached hydrogen (secondary N) is 1.